The molecule has 2 rings (SSSR count). The number of likely N-dealkylation sites (tertiary alicyclic amines) is 1. The van der Waals surface area contributed by atoms with Gasteiger partial charge in [0.2, 0.25) is 0 Å². The van der Waals surface area contributed by atoms with E-state index in [1.165, 1.54) is 51.6 Å². The first-order chi connectivity index (χ1) is 8.24. The maximum atomic E-state index is 10.2. The molecule has 2 aliphatic rings. The summed E-state index contributed by atoms with van der Waals surface area (Å²) in [4.78, 5) is 2.58. The third-order valence-electron chi connectivity index (χ3n) is 4.95. The predicted molar refractivity (Wildman–Crippen MR) is 72.0 cm³/mol. The van der Waals surface area contributed by atoms with E-state index in [1.807, 2.05) is 0 Å². The topological polar surface area (TPSA) is 23.5 Å². The van der Waals surface area contributed by atoms with Crippen LogP contribution in [0.1, 0.15) is 58.8 Å². The Balaban J connectivity index is 1.89. The van der Waals surface area contributed by atoms with Crippen molar-refractivity contribution in [1.82, 2.24) is 4.90 Å². The molecular formula is C15H29NO. The van der Waals surface area contributed by atoms with Crippen molar-refractivity contribution in [2.24, 2.45) is 11.8 Å². The number of hydrogen-bond donors (Lipinski definition) is 1. The molecule has 100 valence electrons. The van der Waals surface area contributed by atoms with Crippen LogP contribution in [-0.4, -0.2) is 35.2 Å². The van der Waals surface area contributed by atoms with Gasteiger partial charge in [-0.25, -0.2) is 0 Å². The summed E-state index contributed by atoms with van der Waals surface area (Å²) in [6, 6.07) is 0.469. The molecule has 0 aromatic carbocycles. The molecule has 1 saturated heterocycles. The van der Waals surface area contributed by atoms with Crippen LogP contribution in [0.2, 0.25) is 0 Å². The SMILES string of the molecule is CCCC1CCC(O)C(N2CCC(CC)C2)C1. The zero-order chi connectivity index (χ0) is 12.3. The zero-order valence-corrected chi connectivity index (χ0v) is 11.6. The summed E-state index contributed by atoms with van der Waals surface area (Å²) in [5, 5.41) is 10.2. The Morgan fingerprint density at radius 2 is 1.94 bits per heavy atom. The highest BCUT2D eigenvalue weighted by Gasteiger charge is 2.35. The maximum Gasteiger partial charge on any atom is 0.0695 e. The van der Waals surface area contributed by atoms with Crippen LogP contribution in [0, 0.1) is 11.8 Å². The van der Waals surface area contributed by atoms with Crippen LogP contribution < -0.4 is 0 Å². The van der Waals surface area contributed by atoms with Crippen LogP contribution in [0.5, 0.6) is 0 Å². The van der Waals surface area contributed by atoms with Crippen LogP contribution in [0.4, 0.5) is 0 Å². The van der Waals surface area contributed by atoms with Crippen molar-refractivity contribution in [3.05, 3.63) is 0 Å². The van der Waals surface area contributed by atoms with Gasteiger partial charge >= 0.3 is 0 Å². The first-order valence-corrected chi connectivity index (χ1v) is 7.66. The number of aliphatic hydroxyl groups excluding tert-OH is 1. The van der Waals surface area contributed by atoms with Gasteiger partial charge < -0.3 is 5.11 Å². The molecule has 0 amide bonds. The lowest BCUT2D eigenvalue weighted by Crippen LogP contribution is -2.46. The molecule has 17 heavy (non-hydrogen) atoms. The van der Waals surface area contributed by atoms with Gasteiger partial charge in [-0.05, 0) is 44.1 Å². The lowest BCUT2D eigenvalue weighted by atomic mass is 9.81. The molecule has 1 aliphatic carbocycles. The Labute approximate surface area is 106 Å². The Morgan fingerprint density at radius 3 is 2.59 bits per heavy atom. The molecular weight excluding hydrogens is 210 g/mol. The quantitative estimate of drug-likeness (QED) is 0.815. The summed E-state index contributed by atoms with van der Waals surface area (Å²) in [7, 11) is 0. The molecule has 4 atom stereocenters. The molecule has 2 nitrogen and oxygen atoms in total. The van der Waals surface area contributed by atoms with Gasteiger partial charge in [0.1, 0.15) is 0 Å². The van der Waals surface area contributed by atoms with Crippen LogP contribution >= 0.6 is 0 Å². The molecule has 1 saturated carbocycles. The predicted octanol–water partition coefficient (Wildman–Crippen LogP) is 3.05. The van der Waals surface area contributed by atoms with Gasteiger partial charge in [0.25, 0.3) is 0 Å². The molecule has 0 aromatic heterocycles. The standard InChI is InChI=1S/C15H29NO/c1-3-5-13-6-7-15(17)14(10-13)16-9-8-12(4-2)11-16/h12-15,17H,3-11H2,1-2H3. The van der Waals surface area contributed by atoms with E-state index in [9.17, 15) is 5.11 Å². The summed E-state index contributed by atoms with van der Waals surface area (Å²) in [5.74, 6) is 1.75. The number of rotatable bonds is 4. The van der Waals surface area contributed by atoms with Gasteiger partial charge in [-0.2, -0.15) is 0 Å². The largest absolute Gasteiger partial charge is 0.391 e. The summed E-state index contributed by atoms with van der Waals surface area (Å²) < 4.78 is 0. The van der Waals surface area contributed by atoms with Gasteiger partial charge in [0, 0.05) is 12.6 Å². The third-order valence-corrected chi connectivity index (χ3v) is 4.95. The molecule has 1 aliphatic heterocycles. The van der Waals surface area contributed by atoms with E-state index in [0.29, 0.717) is 6.04 Å². The molecule has 4 unspecified atom stereocenters. The fourth-order valence-electron chi connectivity index (χ4n) is 3.78. The van der Waals surface area contributed by atoms with E-state index in [0.717, 1.165) is 18.3 Å². The van der Waals surface area contributed by atoms with Crippen molar-refractivity contribution in [2.75, 3.05) is 13.1 Å². The molecule has 0 spiro atoms. The molecule has 2 heteroatoms. The highest BCUT2D eigenvalue weighted by atomic mass is 16.3. The summed E-state index contributed by atoms with van der Waals surface area (Å²) >= 11 is 0. The highest BCUT2D eigenvalue weighted by molar-refractivity contribution is 4.90. The number of nitrogens with zero attached hydrogens (tertiary/aromatic N) is 1. The summed E-state index contributed by atoms with van der Waals surface area (Å²) in [6.45, 7) is 7.03. The fraction of sp³-hybridized carbons (Fsp3) is 1.00. The van der Waals surface area contributed by atoms with Gasteiger partial charge in [-0.15, -0.1) is 0 Å². The van der Waals surface area contributed by atoms with E-state index >= 15 is 0 Å². The van der Waals surface area contributed by atoms with Gasteiger partial charge in [0.15, 0.2) is 0 Å². The van der Waals surface area contributed by atoms with E-state index in [2.05, 4.69) is 18.7 Å². The van der Waals surface area contributed by atoms with Crippen molar-refractivity contribution in [3.8, 4) is 0 Å². The lowest BCUT2D eigenvalue weighted by Gasteiger charge is -2.39. The zero-order valence-electron chi connectivity index (χ0n) is 11.6. The average molecular weight is 239 g/mol. The van der Waals surface area contributed by atoms with Crippen molar-refractivity contribution >= 4 is 0 Å². The fourth-order valence-corrected chi connectivity index (χ4v) is 3.78. The normalized spacial score (nSPS) is 39.7. The minimum absolute atomic E-state index is 0.0567. The van der Waals surface area contributed by atoms with Crippen molar-refractivity contribution in [1.29, 1.82) is 0 Å². The smallest absolute Gasteiger partial charge is 0.0695 e. The minimum atomic E-state index is -0.0567. The second-order valence-corrected chi connectivity index (χ2v) is 6.16. The van der Waals surface area contributed by atoms with Crippen molar-refractivity contribution in [3.63, 3.8) is 0 Å². The Kier molecular flexibility index (Phi) is 4.87. The third kappa shape index (κ3) is 3.23. The van der Waals surface area contributed by atoms with Crippen LogP contribution in [0.3, 0.4) is 0 Å². The lowest BCUT2D eigenvalue weighted by molar-refractivity contribution is 0.0101. The Bertz CT molecular complexity index is 231. The van der Waals surface area contributed by atoms with E-state index in [4.69, 9.17) is 0 Å². The van der Waals surface area contributed by atoms with E-state index < -0.39 is 0 Å². The monoisotopic (exact) mass is 239 g/mol. The molecule has 0 radical (unpaired) electrons. The number of aliphatic hydroxyl groups is 1. The van der Waals surface area contributed by atoms with Crippen LogP contribution in [0.25, 0.3) is 0 Å². The summed E-state index contributed by atoms with van der Waals surface area (Å²) in [5.41, 5.74) is 0. The first-order valence-electron chi connectivity index (χ1n) is 7.66. The van der Waals surface area contributed by atoms with E-state index in [-0.39, 0.29) is 6.10 Å². The van der Waals surface area contributed by atoms with Crippen molar-refractivity contribution in [2.45, 2.75) is 70.9 Å². The molecule has 0 aromatic rings. The Hall–Kier alpha value is -0.0800. The molecule has 0 bridgehead atoms. The minimum Gasteiger partial charge on any atom is -0.391 e. The number of hydrogen-bond acceptors (Lipinski definition) is 2. The summed E-state index contributed by atoms with van der Waals surface area (Å²) in [6.07, 6.45) is 8.76. The van der Waals surface area contributed by atoms with Gasteiger partial charge in [-0.1, -0.05) is 33.1 Å². The second kappa shape index (κ2) is 6.19. The van der Waals surface area contributed by atoms with Gasteiger partial charge in [0.05, 0.1) is 6.10 Å². The molecule has 2 fully saturated rings. The van der Waals surface area contributed by atoms with E-state index in [1.54, 1.807) is 0 Å². The molecule has 1 N–H and O–H groups in total. The second-order valence-electron chi connectivity index (χ2n) is 6.16. The van der Waals surface area contributed by atoms with Crippen LogP contribution in [-0.2, 0) is 0 Å². The average Bonchev–Trinajstić information content (AvgIpc) is 2.80. The maximum absolute atomic E-state index is 10.2. The highest BCUT2D eigenvalue weighted by Crippen LogP contribution is 2.33. The Morgan fingerprint density at radius 1 is 1.12 bits per heavy atom. The molecule has 1 heterocycles. The van der Waals surface area contributed by atoms with Crippen LogP contribution in [0.15, 0.2) is 0 Å². The first kappa shape index (κ1) is 13.4. The van der Waals surface area contributed by atoms with Gasteiger partial charge in [-0.3, -0.25) is 4.90 Å². The van der Waals surface area contributed by atoms with Crippen molar-refractivity contribution < 1.29 is 5.11 Å².